The van der Waals surface area contributed by atoms with Gasteiger partial charge in [0, 0.05) is 33.4 Å². The lowest BCUT2D eigenvalue weighted by Crippen LogP contribution is -2.29. The van der Waals surface area contributed by atoms with Gasteiger partial charge >= 0.3 is 0 Å². The highest BCUT2D eigenvalue weighted by atomic mass is 32.2. The van der Waals surface area contributed by atoms with Crippen LogP contribution in [-0.2, 0) is 15.3 Å². The first-order chi connectivity index (χ1) is 28.9. The molecule has 1 spiro atoms. The molecule has 0 amide bonds. The molecule has 1 aliphatic heterocycles. The number of hydrogen-bond acceptors (Lipinski definition) is 5. The Hall–Kier alpha value is -7.28. The van der Waals surface area contributed by atoms with Gasteiger partial charge in [0.1, 0.15) is 0 Å². The fourth-order valence-corrected chi connectivity index (χ4v) is 11.8. The van der Waals surface area contributed by atoms with E-state index in [4.69, 9.17) is 15.0 Å². The molecule has 1 aromatic heterocycles. The summed E-state index contributed by atoms with van der Waals surface area (Å²) >= 11 is 0. The molecule has 0 bridgehead atoms. The maximum atomic E-state index is 14.8. The second kappa shape index (κ2) is 12.4. The molecule has 0 saturated carbocycles. The first-order valence-corrected chi connectivity index (χ1v) is 21.3. The van der Waals surface area contributed by atoms with Crippen molar-refractivity contribution in [2.75, 3.05) is 0 Å². The number of fused-ring (bicyclic) bond motifs is 16. The normalized spacial score (nSPS) is 15.9. The van der Waals surface area contributed by atoms with Crippen LogP contribution >= 0.6 is 0 Å². The molecule has 5 nitrogen and oxygen atoms in total. The third-order valence-electron chi connectivity index (χ3n) is 12.4. The lowest BCUT2D eigenvalue weighted by Gasteiger charge is -2.35. The fourth-order valence-electron chi connectivity index (χ4n) is 9.95. The largest absolute Gasteiger partial charge is 0.218 e. The Morgan fingerprint density at radius 1 is 0.390 bits per heavy atom. The highest BCUT2D eigenvalue weighted by molar-refractivity contribution is 7.92. The first kappa shape index (κ1) is 33.8. The Bertz CT molecular complexity index is 3380. The first-order valence-electron chi connectivity index (χ1n) is 19.8. The summed E-state index contributed by atoms with van der Waals surface area (Å²) in [5, 5.41) is 0. The van der Waals surface area contributed by atoms with Crippen molar-refractivity contribution in [2.24, 2.45) is 0 Å². The quantitative estimate of drug-likeness (QED) is 0.179. The third kappa shape index (κ3) is 4.66. The van der Waals surface area contributed by atoms with Gasteiger partial charge in [-0.2, -0.15) is 0 Å². The minimum Gasteiger partial charge on any atom is -0.218 e. The summed E-state index contributed by atoms with van der Waals surface area (Å²) in [7, 11) is -3.85. The average Bonchev–Trinajstić information content (AvgIpc) is 3.67. The molecular weight excluding hydrogens is 743 g/mol. The maximum absolute atomic E-state index is 14.8. The summed E-state index contributed by atoms with van der Waals surface area (Å²) in [5.41, 5.74) is 14.5. The molecule has 2 heterocycles. The van der Waals surface area contributed by atoms with Gasteiger partial charge in [-0.15, -0.1) is 0 Å². The second-order valence-electron chi connectivity index (χ2n) is 15.6. The number of nitrogens with zero attached hydrogens (tertiary/aromatic N) is 3. The van der Waals surface area contributed by atoms with E-state index < -0.39 is 15.3 Å². The van der Waals surface area contributed by atoms with Crippen LogP contribution in [0.15, 0.2) is 192 Å². The van der Waals surface area contributed by atoms with E-state index >= 15 is 0 Å². The average molecular weight is 776 g/mol. The van der Waals surface area contributed by atoms with Crippen LogP contribution < -0.4 is 0 Å². The Labute approximate surface area is 342 Å². The van der Waals surface area contributed by atoms with Gasteiger partial charge in [-0.25, -0.2) is 23.4 Å². The number of rotatable bonds is 3. The summed E-state index contributed by atoms with van der Waals surface area (Å²) in [6, 6.07) is 62.0. The van der Waals surface area contributed by atoms with E-state index in [1.54, 1.807) is 6.07 Å². The fraction of sp³-hybridized carbons (Fsp3) is 0.0377. The number of benzene rings is 8. The van der Waals surface area contributed by atoms with E-state index in [1.165, 1.54) is 0 Å². The van der Waals surface area contributed by atoms with Gasteiger partial charge in [0.15, 0.2) is 17.5 Å². The Morgan fingerprint density at radius 2 is 0.915 bits per heavy atom. The van der Waals surface area contributed by atoms with Crippen molar-refractivity contribution in [2.45, 2.75) is 22.1 Å². The van der Waals surface area contributed by atoms with Crippen LogP contribution in [0.3, 0.4) is 0 Å². The molecule has 0 N–H and O–H groups in total. The molecule has 278 valence electrons. The predicted octanol–water partition coefficient (Wildman–Crippen LogP) is 12.0. The Morgan fingerprint density at radius 3 is 1.63 bits per heavy atom. The molecular formula is C53H33N3O2S. The van der Waals surface area contributed by atoms with Crippen LogP contribution in [0.2, 0.25) is 0 Å². The van der Waals surface area contributed by atoms with Crippen molar-refractivity contribution < 1.29 is 8.42 Å². The van der Waals surface area contributed by atoms with E-state index in [2.05, 4.69) is 110 Å². The molecule has 6 heteroatoms. The summed E-state index contributed by atoms with van der Waals surface area (Å²) in [5.74, 6) is 1.73. The summed E-state index contributed by atoms with van der Waals surface area (Å²) in [6.45, 7) is 2.07. The van der Waals surface area contributed by atoms with Gasteiger partial charge in [0.2, 0.25) is 9.84 Å². The summed E-state index contributed by atoms with van der Waals surface area (Å²) < 4.78 is 29.6. The van der Waals surface area contributed by atoms with E-state index in [1.807, 2.05) is 72.8 Å². The van der Waals surface area contributed by atoms with Crippen LogP contribution in [0.4, 0.5) is 0 Å². The zero-order chi connectivity index (χ0) is 39.5. The van der Waals surface area contributed by atoms with Crippen molar-refractivity contribution in [3.63, 3.8) is 0 Å². The molecule has 0 saturated heterocycles. The highest BCUT2D eigenvalue weighted by Gasteiger charge is 2.52. The smallest absolute Gasteiger partial charge is 0.208 e. The maximum Gasteiger partial charge on any atom is 0.208 e. The van der Waals surface area contributed by atoms with E-state index in [-0.39, 0.29) is 0 Å². The number of aryl methyl sites for hydroxylation is 1. The van der Waals surface area contributed by atoms with E-state index in [0.29, 0.717) is 27.3 Å². The van der Waals surface area contributed by atoms with E-state index in [9.17, 15) is 8.42 Å². The standard InChI is InChI=1S/C53H33N3O2S/c1-32-14-13-17-34(30-32)51-54-50(33-15-3-2-4-16-33)55-52(56-51)35-26-27-39-37-19-6-5-18-36(37)38-20-7-10-23-43(38)53(46(39)31-35)44-24-11-8-22-42(44)48-45(53)29-28-41-40-21-9-12-25-47(40)59(57,58)49(41)48/h2-31H,1H3. The third-order valence-corrected chi connectivity index (χ3v) is 14.3. The highest BCUT2D eigenvalue weighted by Crippen LogP contribution is 2.64. The van der Waals surface area contributed by atoms with Crippen molar-refractivity contribution in [3.8, 4) is 78.7 Å². The molecule has 8 aromatic carbocycles. The molecule has 12 rings (SSSR count). The Balaban J connectivity index is 1.21. The number of hydrogen-bond donors (Lipinski definition) is 0. The molecule has 1 atom stereocenters. The van der Waals surface area contributed by atoms with Crippen LogP contribution in [-0.4, -0.2) is 23.4 Å². The van der Waals surface area contributed by atoms with Crippen molar-refractivity contribution >= 4 is 9.84 Å². The molecule has 2 aliphatic carbocycles. The van der Waals surface area contributed by atoms with Crippen LogP contribution in [0.1, 0.15) is 27.8 Å². The van der Waals surface area contributed by atoms with Crippen LogP contribution in [0.5, 0.6) is 0 Å². The van der Waals surface area contributed by atoms with Crippen molar-refractivity contribution in [1.29, 1.82) is 0 Å². The molecule has 1 unspecified atom stereocenters. The SMILES string of the molecule is Cc1cccc(-c2nc(-c3ccccc3)nc(-c3ccc4c(c3)C3(c5ccccc5-c5ccccc5-4)c4ccccc4-c4c3ccc3c4S(=O)(=O)c4ccccc4-3)n2)c1. The van der Waals surface area contributed by atoms with Gasteiger partial charge in [0.25, 0.3) is 0 Å². The van der Waals surface area contributed by atoms with Crippen LogP contribution in [0, 0.1) is 6.92 Å². The molecule has 0 radical (unpaired) electrons. The monoisotopic (exact) mass is 775 g/mol. The lowest BCUT2D eigenvalue weighted by atomic mass is 9.65. The van der Waals surface area contributed by atoms with Gasteiger partial charge in [0.05, 0.1) is 15.2 Å². The topological polar surface area (TPSA) is 72.8 Å². The predicted molar refractivity (Wildman–Crippen MR) is 233 cm³/mol. The zero-order valence-electron chi connectivity index (χ0n) is 31.9. The molecule has 0 fully saturated rings. The summed E-state index contributed by atoms with van der Waals surface area (Å²) in [4.78, 5) is 16.1. The minimum atomic E-state index is -3.85. The lowest BCUT2D eigenvalue weighted by molar-refractivity contribution is 0.599. The van der Waals surface area contributed by atoms with Gasteiger partial charge in [-0.05, 0) is 75.2 Å². The van der Waals surface area contributed by atoms with Crippen LogP contribution in [0.25, 0.3) is 78.7 Å². The van der Waals surface area contributed by atoms with Crippen molar-refractivity contribution in [3.05, 3.63) is 210 Å². The zero-order valence-corrected chi connectivity index (χ0v) is 32.7. The summed E-state index contributed by atoms with van der Waals surface area (Å²) in [6.07, 6.45) is 0. The van der Waals surface area contributed by atoms with Crippen molar-refractivity contribution in [1.82, 2.24) is 15.0 Å². The molecule has 9 aromatic rings. The van der Waals surface area contributed by atoms with Gasteiger partial charge in [-0.3, -0.25) is 0 Å². The minimum absolute atomic E-state index is 0.353. The Kier molecular flexibility index (Phi) is 7.09. The molecule has 3 aliphatic rings. The number of aromatic nitrogens is 3. The number of sulfone groups is 1. The molecule has 59 heavy (non-hydrogen) atoms. The van der Waals surface area contributed by atoms with Gasteiger partial charge in [-0.1, -0.05) is 169 Å². The van der Waals surface area contributed by atoms with E-state index in [0.717, 1.165) is 89.0 Å². The van der Waals surface area contributed by atoms with Gasteiger partial charge < -0.3 is 0 Å². The second-order valence-corrected chi connectivity index (χ2v) is 17.4.